The second kappa shape index (κ2) is 16.6. The van der Waals surface area contributed by atoms with Gasteiger partial charge in [-0.25, -0.2) is 27.1 Å². The van der Waals surface area contributed by atoms with Gasteiger partial charge in [0.2, 0.25) is 10.0 Å². The molecule has 0 saturated heterocycles. The number of esters is 1. The van der Waals surface area contributed by atoms with E-state index in [1.165, 1.54) is 30.3 Å². The number of rotatable bonds is 16. The van der Waals surface area contributed by atoms with Crippen LogP contribution in [-0.4, -0.2) is 63.5 Å². The third kappa shape index (κ3) is 11.0. The summed E-state index contributed by atoms with van der Waals surface area (Å²) in [4.78, 5) is 28.4. The molecule has 0 aromatic heterocycles. The summed E-state index contributed by atoms with van der Waals surface area (Å²) >= 11 is 0. The molecule has 3 aromatic carbocycles. The second-order valence-electron chi connectivity index (χ2n) is 11.1. The van der Waals surface area contributed by atoms with Crippen LogP contribution >= 0.6 is 0 Å². The Morgan fingerprint density at radius 3 is 2.09 bits per heavy atom. The zero-order valence-corrected chi connectivity index (χ0v) is 26.7. The van der Waals surface area contributed by atoms with Crippen LogP contribution in [0, 0.1) is 18.6 Å². The zero-order valence-electron chi connectivity index (χ0n) is 25.9. The number of benzene rings is 3. The van der Waals surface area contributed by atoms with Crippen molar-refractivity contribution >= 4 is 21.9 Å². The highest BCUT2D eigenvalue weighted by Gasteiger charge is 2.25. The summed E-state index contributed by atoms with van der Waals surface area (Å²) in [7, 11) is -3.80. The molecular formula is C33H42F2N4O5S. The van der Waals surface area contributed by atoms with Crippen LogP contribution in [0.25, 0.3) is 0 Å². The van der Waals surface area contributed by atoms with Crippen molar-refractivity contribution < 1.29 is 31.5 Å². The summed E-state index contributed by atoms with van der Waals surface area (Å²) in [6, 6.07) is 13.3. The van der Waals surface area contributed by atoms with E-state index >= 15 is 0 Å². The number of nitrogens with one attached hydrogen (secondary N) is 1. The van der Waals surface area contributed by atoms with Gasteiger partial charge >= 0.3 is 5.97 Å². The number of ether oxygens (including phenoxy) is 1. The number of nitrogens with zero attached hydrogens (tertiary/aromatic N) is 1. The molecule has 5 N–H and O–H groups in total. The smallest absolute Gasteiger partial charge is 0.338 e. The standard InChI is InChI=1S/C33H42F2N4O5S/c1-4-12-39(13-5-2)32(40)25-14-22(3)15-26(19-25)33(41)44-31(30(36)18-24-16-27(34)20-28(35)17-24)21-38-11-10-23-6-8-29(9-7-23)45(37,42)43/h6-9,14-17,19-20,30-31,38H,4-5,10-13,18,21,36H2,1-3H3,(H2,37,42,43)/t30-,31+/m0/s1. The minimum Gasteiger partial charge on any atom is -0.456 e. The highest BCUT2D eigenvalue weighted by Crippen LogP contribution is 2.17. The fraction of sp³-hybridized carbons (Fsp3) is 0.394. The molecule has 9 nitrogen and oxygen atoms in total. The molecule has 0 fully saturated rings. The van der Waals surface area contributed by atoms with Gasteiger partial charge in [-0.3, -0.25) is 4.79 Å². The van der Waals surface area contributed by atoms with Crippen LogP contribution in [0.15, 0.2) is 65.6 Å². The summed E-state index contributed by atoms with van der Waals surface area (Å²) in [5.74, 6) is -2.34. The number of sulfonamides is 1. The Morgan fingerprint density at radius 2 is 1.51 bits per heavy atom. The molecule has 0 bridgehead atoms. The first kappa shape index (κ1) is 35.8. The maximum absolute atomic E-state index is 13.9. The Labute approximate surface area is 264 Å². The number of carbonyl (C=O) groups is 2. The van der Waals surface area contributed by atoms with Crippen LogP contribution in [-0.2, 0) is 27.6 Å². The van der Waals surface area contributed by atoms with E-state index in [4.69, 9.17) is 15.6 Å². The number of amides is 1. The molecular weight excluding hydrogens is 602 g/mol. The monoisotopic (exact) mass is 644 g/mol. The third-order valence-electron chi connectivity index (χ3n) is 7.15. The predicted molar refractivity (Wildman–Crippen MR) is 169 cm³/mol. The SMILES string of the molecule is CCCN(CCC)C(=O)c1cc(C)cc(C(=O)O[C@H](CNCCc2ccc(S(N)(=O)=O)cc2)[C@@H](N)Cc2cc(F)cc(F)c2)c1. The van der Waals surface area contributed by atoms with Gasteiger partial charge in [0, 0.05) is 37.3 Å². The van der Waals surface area contributed by atoms with E-state index in [-0.39, 0.29) is 29.3 Å². The van der Waals surface area contributed by atoms with E-state index in [1.807, 2.05) is 13.8 Å². The molecule has 0 unspecified atom stereocenters. The van der Waals surface area contributed by atoms with Crippen molar-refractivity contribution in [1.82, 2.24) is 10.2 Å². The van der Waals surface area contributed by atoms with Crippen molar-refractivity contribution in [2.75, 3.05) is 26.2 Å². The summed E-state index contributed by atoms with van der Waals surface area (Å²) in [6.07, 6.45) is 1.25. The van der Waals surface area contributed by atoms with Gasteiger partial charge in [-0.1, -0.05) is 26.0 Å². The number of halogens is 2. The molecule has 12 heteroatoms. The third-order valence-corrected chi connectivity index (χ3v) is 8.08. The molecule has 3 rings (SSSR count). The first-order chi connectivity index (χ1) is 21.3. The zero-order chi connectivity index (χ0) is 33.1. The van der Waals surface area contributed by atoms with E-state index in [0.29, 0.717) is 42.7 Å². The highest BCUT2D eigenvalue weighted by atomic mass is 32.2. The maximum atomic E-state index is 13.9. The lowest BCUT2D eigenvalue weighted by molar-refractivity contribution is 0.0239. The number of primary sulfonamides is 1. The fourth-order valence-electron chi connectivity index (χ4n) is 5.00. The van der Waals surface area contributed by atoms with Crippen LogP contribution in [0.5, 0.6) is 0 Å². The highest BCUT2D eigenvalue weighted by molar-refractivity contribution is 7.89. The first-order valence-corrected chi connectivity index (χ1v) is 16.5. The Morgan fingerprint density at radius 1 is 0.911 bits per heavy atom. The van der Waals surface area contributed by atoms with Crippen LogP contribution in [0.3, 0.4) is 0 Å². The van der Waals surface area contributed by atoms with Gasteiger partial charge in [0.25, 0.3) is 5.91 Å². The van der Waals surface area contributed by atoms with Gasteiger partial charge in [-0.05, 0) is 98.3 Å². The average Bonchev–Trinajstić information content (AvgIpc) is 2.97. The molecule has 244 valence electrons. The number of aryl methyl sites for hydroxylation is 1. The summed E-state index contributed by atoms with van der Waals surface area (Å²) in [6.45, 7) is 7.52. The van der Waals surface area contributed by atoms with Crippen molar-refractivity contribution in [3.63, 3.8) is 0 Å². The van der Waals surface area contributed by atoms with Gasteiger partial charge in [0.05, 0.1) is 10.5 Å². The van der Waals surface area contributed by atoms with E-state index in [0.717, 1.165) is 24.5 Å². The van der Waals surface area contributed by atoms with E-state index in [9.17, 15) is 26.8 Å². The largest absolute Gasteiger partial charge is 0.456 e. The Hall–Kier alpha value is -3.71. The number of hydrogen-bond donors (Lipinski definition) is 3. The minimum atomic E-state index is -3.80. The molecule has 0 saturated carbocycles. The molecule has 0 aliphatic rings. The predicted octanol–water partition coefficient (Wildman–Crippen LogP) is 4.11. The number of hydrogen-bond acceptors (Lipinski definition) is 7. The van der Waals surface area contributed by atoms with Crippen molar-refractivity contribution in [2.45, 2.75) is 63.5 Å². The molecule has 0 aliphatic heterocycles. The second-order valence-corrected chi connectivity index (χ2v) is 12.7. The van der Waals surface area contributed by atoms with Crippen molar-refractivity contribution in [2.24, 2.45) is 10.9 Å². The average molecular weight is 645 g/mol. The van der Waals surface area contributed by atoms with E-state index < -0.39 is 39.8 Å². The number of carbonyl (C=O) groups excluding carboxylic acids is 2. The normalized spacial score (nSPS) is 12.9. The summed E-state index contributed by atoms with van der Waals surface area (Å²) in [5, 5.41) is 8.36. The Bertz CT molecular complexity index is 1540. The maximum Gasteiger partial charge on any atom is 0.338 e. The van der Waals surface area contributed by atoms with Gasteiger partial charge in [-0.15, -0.1) is 0 Å². The van der Waals surface area contributed by atoms with Gasteiger partial charge < -0.3 is 20.7 Å². The van der Waals surface area contributed by atoms with Crippen LogP contribution in [0.1, 0.15) is 64.1 Å². The Balaban J connectivity index is 1.77. The van der Waals surface area contributed by atoms with Crippen molar-refractivity contribution in [3.8, 4) is 0 Å². The minimum absolute atomic E-state index is 0.00962. The fourth-order valence-corrected chi connectivity index (χ4v) is 5.52. The van der Waals surface area contributed by atoms with E-state index in [2.05, 4.69) is 5.32 Å². The summed E-state index contributed by atoms with van der Waals surface area (Å²) < 4.78 is 56.6. The Kier molecular flexibility index (Phi) is 13.2. The van der Waals surface area contributed by atoms with Gasteiger partial charge in [-0.2, -0.15) is 0 Å². The van der Waals surface area contributed by atoms with Gasteiger partial charge in [0.1, 0.15) is 17.7 Å². The van der Waals surface area contributed by atoms with Crippen LogP contribution in [0.4, 0.5) is 8.78 Å². The lowest BCUT2D eigenvalue weighted by Gasteiger charge is -2.25. The van der Waals surface area contributed by atoms with Crippen molar-refractivity contribution in [3.05, 3.63) is 100 Å². The van der Waals surface area contributed by atoms with Crippen molar-refractivity contribution in [1.29, 1.82) is 0 Å². The summed E-state index contributed by atoms with van der Waals surface area (Å²) in [5.41, 5.74) is 8.89. The molecule has 0 aliphatic carbocycles. The molecule has 2 atom stereocenters. The topological polar surface area (TPSA) is 145 Å². The molecule has 0 spiro atoms. The van der Waals surface area contributed by atoms with E-state index in [1.54, 1.807) is 36.1 Å². The lowest BCUT2D eigenvalue weighted by atomic mass is 10.0. The first-order valence-electron chi connectivity index (χ1n) is 15.0. The van der Waals surface area contributed by atoms with Crippen LogP contribution < -0.4 is 16.2 Å². The number of nitrogens with two attached hydrogens (primary N) is 2. The molecule has 0 heterocycles. The molecule has 3 aromatic rings. The van der Waals surface area contributed by atoms with Gasteiger partial charge in [0.15, 0.2) is 0 Å². The molecule has 1 amide bonds. The molecule has 45 heavy (non-hydrogen) atoms. The molecule has 0 radical (unpaired) electrons. The van der Waals surface area contributed by atoms with Crippen LogP contribution in [0.2, 0.25) is 0 Å². The quantitative estimate of drug-likeness (QED) is 0.157. The lowest BCUT2D eigenvalue weighted by Crippen LogP contribution is -2.46.